The van der Waals surface area contributed by atoms with E-state index < -0.39 is 5.91 Å². The second-order valence-electron chi connectivity index (χ2n) is 5.51. The summed E-state index contributed by atoms with van der Waals surface area (Å²) in [6.07, 6.45) is 1.93. The fourth-order valence-electron chi connectivity index (χ4n) is 2.52. The number of aromatic nitrogens is 2. The molecule has 0 saturated heterocycles. The summed E-state index contributed by atoms with van der Waals surface area (Å²) >= 11 is 0. The van der Waals surface area contributed by atoms with E-state index in [-0.39, 0.29) is 12.3 Å². The van der Waals surface area contributed by atoms with Crippen LogP contribution in [-0.4, -0.2) is 21.4 Å². The maximum absolute atomic E-state index is 12.0. The Morgan fingerprint density at radius 2 is 2.00 bits per heavy atom. The van der Waals surface area contributed by atoms with Crippen molar-refractivity contribution in [3.63, 3.8) is 0 Å². The van der Waals surface area contributed by atoms with E-state index in [1.165, 1.54) is 0 Å². The molecule has 7 heteroatoms. The molecule has 0 aliphatic heterocycles. The SMILES string of the molecule is Cc1cc(C(=O)NNC(=O)CCn2cnc3ccccc32)c(C)o1. The van der Waals surface area contributed by atoms with Gasteiger partial charge in [0.2, 0.25) is 5.91 Å². The van der Waals surface area contributed by atoms with Crippen LogP contribution in [0, 0.1) is 13.8 Å². The van der Waals surface area contributed by atoms with Crippen molar-refractivity contribution < 1.29 is 14.0 Å². The highest BCUT2D eigenvalue weighted by Gasteiger charge is 2.14. The molecule has 2 aromatic heterocycles. The number of carbonyl (C=O) groups is 2. The van der Waals surface area contributed by atoms with Gasteiger partial charge in [0, 0.05) is 13.0 Å². The molecule has 24 heavy (non-hydrogen) atoms. The van der Waals surface area contributed by atoms with E-state index in [4.69, 9.17) is 4.42 Å². The Morgan fingerprint density at radius 1 is 1.21 bits per heavy atom. The average molecular weight is 326 g/mol. The molecule has 0 fully saturated rings. The second kappa shape index (κ2) is 6.57. The van der Waals surface area contributed by atoms with Crippen molar-refractivity contribution in [2.75, 3.05) is 0 Å². The Kier molecular flexibility index (Phi) is 4.33. The summed E-state index contributed by atoms with van der Waals surface area (Å²) in [6, 6.07) is 9.35. The standard InChI is InChI=1S/C17H18N4O3/c1-11-9-13(12(2)24-11)17(23)20-19-16(22)7-8-21-10-18-14-5-3-4-6-15(14)21/h3-6,9-10H,7-8H2,1-2H3,(H,19,22)(H,20,23). The normalized spacial score (nSPS) is 10.8. The van der Waals surface area contributed by atoms with Crippen LogP contribution >= 0.6 is 0 Å². The van der Waals surface area contributed by atoms with Crippen LogP contribution in [0.2, 0.25) is 0 Å². The summed E-state index contributed by atoms with van der Waals surface area (Å²) in [5.74, 6) is 0.491. The highest BCUT2D eigenvalue weighted by Crippen LogP contribution is 2.13. The van der Waals surface area contributed by atoms with Crippen LogP contribution in [0.5, 0.6) is 0 Å². The number of para-hydroxylation sites is 2. The molecule has 0 aliphatic rings. The van der Waals surface area contributed by atoms with Crippen molar-refractivity contribution in [1.82, 2.24) is 20.4 Å². The first-order valence-corrected chi connectivity index (χ1v) is 7.60. The van der Waals surface area contributed by atoms with Crippen LogP contribution in [0.1, 0.15) is 28.3 Å². The number of imidazole rings is 1. The van der Waals surface area contributed by atoms with E-state index in [2.05, 4.69) is 15.8 Å². The van der Waals surface area contributed by atoms with Crippen molar-refractivity contribution in [2.24, 2.45) is 0 Å². The minimum absolute atomic E-state index is 0.226. The van der Waals surface area contributed by atoms with Gasteiger partial charge in [0.05, 0.1) is 22.9 Å². The number of nitrogens with zero attached hydrogens (tertiary/aromatic N) is 2. The number of furan rings is 1. The summed E-state index contributed by atoms with van der Waals surface area (Å²) in [6.45, 7) is 3.94. The highest BCUT2D eigenvalue weighted by molar-refractivity contribution is 5.96. The molecule has 0 unspecified atom stereocenters. The van der Waals surface area contributed by atoms with Gasteiger partial charge in [-0.2, -0.15) is 0 Å². The minimum atomic E-state index is -0.397. The third-order valence-electron chi connectivity index (χ3n) is 3.71. The summed E-state index contributed by atoms with van der Waals surface area (Å²) in [7, 11) is 0. The Bertz CT molecular complexity index is 894. The van der Waals surface area contributed by atoms with E-state index in [1.807, 2.05) is 28.8 Å². The van der Waals surface area contributed by atoms with Crippen LogP contribution in [0.3, 0.4) is 0 Å². The topological polar surface area (TPSA) is 89.2 Å². The van der Waals surface area contributed by atoms with E-state index >= 15 is 0 Å². The summed E-state index contributed by atoms with van der Waals surface area (Å²) in [4.78, 5) is 28.2. The number of hydrazine groups is 1. The molecule has 7 nitrogen and oxygen atoms in total. The monoisotopic (exact) mass is 326 g/mol. The largest absolute Gasteiger partial charge is 0.466 e. The second-order valence-corrected chi connectivity index (χ2v) is 5.51. The number of hydrogen-bond donors (Lipinski definition) is 2. The number of carbonyl (C=O) groups excluding carboxylic acids is 2. The molecule has 3 rings (SSSR count). The Morgan fingerprint density at radius 3 is 2.75 bits per heavy atom. The molecular weight excluding hydrogens is 308 g/mol. The van der Waals surface area contributed by atoms with Crippen molar-refractivity contribution in [2.45, 2.75) is 26.8 Å². The van der Waals surface area contributed by atoms with Gasteiger partial charge in [0.25, 0.3) is 5.91 Å². The predicted molar refractivity (Wildman–Crippen MR) is 88.1 cm³/mol. The van der Waals surface area contributed by atoms with Crippen LogP contribution in [0.4, 0.5) is 0 Å². The first-order chi connectivity index (χ1) is 11.5. The van der Waals surface area contributed by atoms with Gasteiger partial charge in [0.15, 0.2) is 0 Å². The predicted octanol–water partition coefficient (Wildman–Crippen LogP) is 2.10. The van der Waals surface area contributed by atoms with Crippen LogP contribution < -0.4 is 10.9 Å². The molecule has 0 bridgehead atoms. The molecule has 0 atom stereocenters. The van der Waals surface area contributed by atoms with Crippen molar-refractivity contribution in [3.05, 3.63) is 53.7 Å². The van der Waals surface area contributed by atoms with E-state index in [0.29, 0.717) is 23.6 Å². The molecule has 0 aliphatic carbocycles. The van der Waals surface area contributed by atoms with Crippen molar-refractivity contribution in [3.8, 4) is 0 Å². The molecule has 2 heterocycles. The third kappa shape index (κ3) is 3.29. The quantitative estimate of drug-likeness (QED) is 0.719. The fraction of sp³-hybridized carbons (Fsp3) is 0.235. The fourth-order valence-corrected chi connectivity index (χ4v) is 2.52. The van der Waals surface area contributed by atoms with Gasteiger partial charge in [-0.3, -0.25) is 20.4 Å². The van der Waals surface area contributed by atoms with Gasteiger partial charge in [0.1, 0.15) is 11.5 Å². The molecule has 2 N–H and O–H groups in total. The summed E-state index contributed by atoms with van der Waals surface area (Å²) < 4.78 is 7.20. The third-order valence-corrected chi connectivity index (χ3v) is 3.71. The Balaban J connectivity index is 1.53. The first-order valence-electron chi connectivity index (χ1n) is 7.60. The Labute approximate surface area is 138 Å². The van der Waals surface area contributed by atoms with Crippen LogP contribution in [-0.2, 0) is 11.3 Å². The molecule has 2 amide bonds. The lowest BCUT2D eigenvalue weighted by atomic mass is 10.2. The van der Waals surface area contributed by atoms with Gasteiger partial charge in [-0.25, -0.2) is 4.98 Å². The number of benzene rings is 1. The van der Waals surface area contributed by atoms with E-state index in [9.17, 15) is 9.59 Å². The average Bonchev–Trinajstić information content (AvgIpc) is 3.13. The van der Waals surface area contributed by atoms with E-state index in [1.54, 1.807) is 26.2 Å². The van der Waals surface area contributed by atoms with Gasteiger partial charge in [-0.05, 0) is 32.0 Å². The minimum Gasteiger partial charge on any atom is -0.466 e. The van der Waals surface area contributed by atoms with Gasteiger partial charge >= 0.3 is 0 Å². The highest BCUT2D eigenvalue weighted by atomic mass is 16.3. The zero-order valence-electron chi connectivity index (χ0n) is 13.5. The lowest BCUT2D eigenvalue weighted by Crippen LogP contribution is -2.42. The van der Waals surface area contributed by atoms with Crippen molar-refractivity contribution in [1.29, 1.82) is 0 Å². The van der Waals surface area contributed by atoms with Crippen molar-refractivity contribution >= 4 is 22.8 Å². The molecular formula is C17H18N4O3. The maximum Gasteiger partial charge on any atom is 0.273 e. The van der Waals surface area contributed by atoms with Gasteiger partial charge < -0.3 is 8.98 Å². The zero-order chi connectivity index (χ0) is 17.1. The molecule has 1 aromatic carbocycles. The number of nitrogens with one attached hydrogen (secondary N) is 2. The smallest absolute Gasteiger partial charge is 0.273 e. The van der Waals surface area contributed by atoms with Crippen LogP contribution in [0.15, 0.2) is 41.1 Å². The molecule has 0 saturated carbocycles. The van der Waals surface area contributed by atoms with Gasteiger partial charge in [-0.1, -0.05) is 12.1 Å². The number of rotatable bonds is 4. The lowest BCUT2D eigenvalue weighted by Gasteiger charge is -2.07. The molecule has 0 spiro atoms. The maximum atomic E-state index is 12.0. The number of amides is 2. The zero-order valence-corrected chi connectivity index (χ0v) is 13.5. The summed E-state index contributed by atoms with van der Waals surface area (Å²) in [5.41, 5.74) is 7.08. The number of aryl methyl sites for hydroxylation is 3. The van der Waals surface area contributed by atoms with E-state index in [0.717, 1.165) is 11.0 Å². The van der Waals surface area contributed by atoms with Crippen LogP contribution in [0.25, 0.3) is 11.0 Å². The van der Waals surface area contributed by atoms with Gasteiger partial charge in [-0.15, -0.1) is 0 Å². The lowest BCUT2D eigenvalue weighted by molar-refractivity contribution is -0.122. The molecule has 0 radical (unpaired) electrons. The number of fused-ring (bicyclic) bond motifs is 1. The Hall–Kier alpha value is -3.09. The summed E-state index contributed by atoms with van der Waals surface area (Å²) in [5, 5.41) is 0. The first kappa shape index (κ1) is 15.8. The number of hydrogen-bond acceptors (Lipinski definition) is 4. The molecule has 3 aromatic rings. The molecule has 124 valence electrons.